The minimum atomic E-state index is -4.62. The number of anilines is 1. The van der Waals surface area contributed by atoms with Crippen LogP contribution in [0.4, 0.5) is 23.5 Å². The van der Waals surface area contributed by atoms with Crippen LogP contribution >= 0.6 is 11.6 Å². The summed E-state index contributed by atoms with van der Waals surface area (Å²) < 4.78 is 51.5. The molecule has 0 bridgehead atoms. The number of aromatic nitrogens is 2. The average molecular weight is 306 g/mol. The number of halogens is 5. The SMILES string of the molecule is CNc1nc(-c2cc(F)cc(Cl)c2)cc(C(F)(F)F)n1. The molecule has 0 fully saturated rings. The minimum Gasteiger partial charge on any atom is -0.357 e. The van der Waals surface area contributed by atoms with Gasteiger partial charge in [0.25, 0.3) is 0 Å². The van der Waals surface area contributed by atoms with Crippen LogP contribution in [0.5, 0.6) is 0 Å². The van der Waals surface area contributed by atoms with E-state index in [4.69, 9.17) is 11.6 Å². The lowest BCUT2D eigenvalue weighted by molar-refractivity contribution is -0.141. The first-order valence-corrected chi connectivity index (χ1v) is 5.78. The zero-order valence-electron chi connectivity index (χ0n) is 10.1. The quantitative estimate of drug-likeness (QED) is 0.852. The molecular formula is C12H8ClF4N3. The highest BCUT2D eigenvalue weighted by Gasteiger charge is 2.33. The first-order valence-electron chi connectivity index (χ1n) is 5.40. The van der Waals surface area contributed by atoms with Gasteiger partial charge in [0.2, 0.25) is 5.95 Å². The molecule has 8 heteroatoms. The largest absolute Gasteiger partial charge is 0.433 e. The van der Waals surface area contributed by atoms with Crippen molar-refractivity contribution in [1.82, 2.24) is 9.97 Å². The van der Waals surface area contributed by atoms with Crippen molar-refractivity contribution in [3.8, 4) is 11.3 Å². The molecule has 0 saturated carbocycles. The lowest BCUT2D eigenvalue weighted by atomic mass is 10.1. The maximum atomic E-state index is 13.3. The van der Waals surface area contributed by atoms with E-state index in [2.05, 4.69) is 15.3 Å². The predicted octanol–water partition coefficient (Wildman–Crippen LogP) is 4.00. The Morgan fingerprint density at radius 3 is 2.35 bits per heavy atom. The highest BCUT2D eigenvalue weighted by atomic mass is 35.5. The summed E-state index contributed by atoms with van der Waals surface area (Å²) in [5.41, 5.74) is -1.05. The molecule has 0 aliphatic carbocycles. The number of nitrogens with one attached hydrogen (secondary N) is 1. The van der Waals surface area contributed by atoms with Gasteiger partial charge in [0.15, 0.2) is 5.69 Å². The smallest absolute Gasteiger partial charge is 0.357 e. The van der Waals surface area contributed by atoms with E-state index in [0.717, 1.165) is 18.2 Å². The summed E-state index contributed by atoms with van der Waals surface area (Å²) in [5.74, 6) is -0.874. The van der Waals surface area contributed by atoms with Crippen molar-refractivity contribution in [2.24, 2.45) is 0 Å². The Morgan fingerprint density at radius 2 is 1.80 bits per heavy atom. The van der Waals surface area contributed by atoms with Crippen molar-refractivity contribution in [3.63, 3.8) is 0 Å². The van der Waals surface area contributed by atoms with E-state index in [1.54, 1.807) is 0 Å². The molecule has 1 heterocycles. The number of hydrogen-bond acceptors (Lipinski definition) is 3. The maximum absolute atomic E-state index is 13.3. The summed E-state index contributed by atoms with van der Waals surface area (Å²) in [6.45, 7) is 0. The van der Waals surface area contributed by atoms with Crippen LogP contribution in [0, 0.1) is 5.82 Å². The number of hydrogen-bond donors (Lipinski definition) is 1. The maximum Gasteiger partial charge on any atom is 0.433 e. The molecule has 20 heavy (non-hydrogen) atoms. The molecule has 1 aromatic carbocycles. The number of alkyl halides is 3. The standard InChI is InChI=1S/C12H8ClF4N3/c1-18-11-19-9(5-10(20-11)12(15,16)17)6-2-7(13)4-8(14)3-6/h2-5H,1H3,(H,18,19,20). The zero-order valence-corrected chi connectivity index (χ0v) is 10.8. The normalized spacial score (nSPS) is 11.5. The van der Waals surface area contributed by atoms with Gasteiger partial charge in [0.05, 0.1) is 5.69 Å². The first kappa shape index (κ1) is 14.5. The van der Waals surface area contributed by atoms with E-state index in [0.29, 0.717) is 0 Å². The van der Waals surface area contributed by atoms with Crippen LogP contribution in [-0.4, -0.2) is 17.0 Å². The van der Waals surface area contributed by atoms with Gasteiger partial charge in [-0.05, 0) is 24.3 Å². The van der Waals surface area contributed by atoms with E-state index < -0.39 is 17.7 Å². The molecule has 1 N–H and O–H groups in total. The van der Waals surface area contributed by atoms with Crippen molar-refractivity contribution in [1.29, 1.82) is 0 Å². The molecule has 106 valence electrons. The highest BCUT2D eigenvalue weighted by molar-refractivity contribution is 6.30. The lowest BCUT2D eigenvalue weighted by Gasteiger charge is -2.10. The second-order valence-electron chi connectivity index (χ2n) is 3.87. The minimum absolute atomic E-state index is 0.0678. The van der Waals surface area contributed by atoms with Crippen LogP contribution in [0.15, 0.2) is 24.3 Å². The summed E-state index contributed by atoms with van der Waals surface area (Å²) in [6, 6.07) is 4.17. The van der Waals surface area contributed by atoms with Crippen LogP contribution < -0.4 is 5.32 Å². The summed E-state index contributed by atoms with van der Waals surface area (Å²) in [7, 11) is 1.39. The second-order valence-corrected chi connectivity index (χ2v) is 4.30. The van der Waals surface area contributed by atoms with Crippen molar-refractivity contribution in [3.05, 3.63) is 40.8 Å². The van der Waals surface area contributed by atoms with Gasteiger partial charge in [-0.15, -0.1) is 0 Å². The predicted molar refractivity (Wildman–Crippen MR) is 67.0 cm³/mol. The summed E-state index contributed by atoms with van der Waals surface area (Å²) >= 11 is 5.68. The molecule has 2 aromatic rings. The van der Waals surface area contributed by atoms with Crippen molar-refractivity contribution >= 4 is 17.5 Å². The van der Waals surface area contributed by atoms with E-state index >= 15 is 0 Å². The lowest BCUT2D eigenvalue weighted by Crippen LogP contribution is -2.11. The molecule has 0 spiro atoms. The van der Waals surface area contributed by atoms with Crippen molar-refractivity contribution in [2.75, 3.05) is 12.4 Å². The molecule has 0 aliphatic rings. The van der Waals surface area contributed by atoms with E-state index in [1.165, 1.54) is 13.1 Å². The van der Waals surface area contributed by atoms with Gasteiger partial charge in [0.1, 0.15) is 5.82 Å². The van der Waals surface area contributed by atoms with Gasteiger partial charge in [-0.2, -0.15) is 13.2 Å². The summed E-state index contributed by atoms with van der Waals surface area (Å²) in [4.78, 5) is 7.19. The van der Waals surface area contributed by atoms with E-state index in [-0.39, 0.29) is 22.2 Å². The van der Waals surface area contributed by atoms with Crippen LogP contribution in [0.1, 0.15) is 5.69 Å². The third kappa shape index (κ3) is 3.16. The summed E-state index contributed by atoms with van der Waals surface area (Å²) in [6.07, 6.45) is -4.62. The molecular weight excluding hydrogens is 298 g/mol. The molecule has 0 amide bonds. The molecule has 0 saturated heterocycles. The first-order chi connectivity index (χ1) is 9.29. The molecule has 2 rings (SSSR count). The Kier molecular flexibility index (Phi) is 3.80. The number of nitrogens with zero attached hydrogens (tertiary/aromatic N) is 2. The van der Waals surface area contributed by atoms with Crippen molar-refractivity contribution in [2.45, 2.75) is 6.18 Å². The van der Waals surface area contributed by atoms with Crippen LogP contribution in [-0.2, 0) is 6.18 Å². The Morgan fingerprint density at radius 1 is 1.10 bits per heavy atom. The Hall–Kier alpha value is -1.89. The zero-order chi connectivity index (χ0) is 14.9. The highest BCUT2D eigenvalue weighted by Crippen LogP contribution is 2.31. The van der Waals surface area contributed by atoms with Crippen LogP contribution in [0.3, 0.4) is 0 Å². The summed E-state index contributed by atoms with van der Waals surface area (Å²) in [5, 5.41) is 2.50. The monoisotopic (exact) mass is 305 g/mol. The molecule has 1 aromatic heterocycles. The Balaban J connectivity index is 2.61. The number of benzene rings is 1. The number of rotatable bonds is 2. The van der Waals surface area contributed by atoms with E-state index in [1.807, 2.05) is 0 Å². The molecule has 0 atom stereocenters. The van der Waals surface area contributed by atoms with Crippen LogP contribution in [0.25, 0.3) is 11.3 Å². The van der Waals surface area contributed by atoms with Gasteiger partial charge >= 0.3 is 6.18 Å². The topological polar surface area (TPSA) is 37.8 Å². The van der Waals surface area contributed by atoms with Crippen molar-refractivity contribution < 1.29 is 17.6 Å². The fourth-order valence-electron chi connectivity index (χ4n) is 1.55. The third-order valence-corrected chi connectivity index (χ3v) is 2.62. The van der Waals surface area contributed by atoms with Gasteiger partial charge in [0, 0.05) is 17.6 Å². The fourth-order valence-corrected chi connectivity index (χ4v) is 1.78. The molecule has 3 nitrogen and oxygen atoms in total. The van der Waals surface area contributed by atoms with Crippen LogP contribution in [0.2, 0.25) is 5.02 Å². The second kappa shape index (κ2) is 5.24. The Bertz CT molecular complexity index is 623. The fraction of sp³-hybridized carbons (Fsp3) is 0.167. The van der Waals surface area contributed by atoms with Gasteiger partial charge < -0.3 is 5.32 Å². The van der Waals surface area contributed by atoms with Gasteiger partial charge in [-0.25, -0.2) is 14.4 Å². The van der Waals surface area contributed by atoms with Gasteiger partial charge in [-0.1, -0.05) is 11.6 Å². The van der Waals surface area contributed by atoms with E-state index in [9.17, 15) is 17.6 Å². The van der Waals surface area contributed by atoms with Gasteiger partial charge in [-0.3, -0.25) is 0 Å². The Labute approximate surface area is 116 Å². The average Bonchev–Trinajstić information content (AvgIpc) is 2.36. The molecule has 0 aliphatic heterocycles. The molecule has 0 radical (unpaired) electrons. The molecule has 0 unspecified atom stereocenters. The third-order valence-electron chi connectivity index (χ3n) is 2.40.